The maximum Gasteiger partial charge on any atom is 0.287 e. The summed E-state index contributed by atoms with van der Waals surface area (Å²) in [4.78, 5) is 24.3. The molecule has 1 aromatic carbocycles. The molecule has 3 aromatic heterocycles. The second-order valence-corrected chi connectivity index (χ2v) is 7.34. The van der Waals surface area contributed by atoms with Crippen LogP contribution in [0.15, 0.2) is 60.9 Å². The molecule has 0 saturated heterocycles. The lowest BCUT2D eigenvalue weighted by Gasteiger charge is -2.09. The van der Waals surface area contributed by atoms with Crippen LogP contribution in [0.2, 0.25) is 0 Å². The summed E-state index contributed by atoms with van der Waals surface area (Å²) in [6, 6.07) is 15.6. The lowest BCUT2D eigenvalue weighted by Crippen LogP contribution is -2.23. The van der Waals surface area contributed by atoms with Gasteiger partial charge in [-0.05, 0) is 43.2 Å². The highest BCUT2D eigenvalue weighted by atomic mass is 32.1. The van der Waals surface area contributed by atoms with Gasteiger partial charge < -0.3 is 4.57 Å². The highest BCUT2D eigenvalue weighted by molar-refractivity contribution is 7.21. The van der Waals surface area contributed by atoms with E-state index < -0.39 is 0 Å². The molecule has 6 heteroatoms. The third-order valence-electron chi connectivity index (χ3n) is 4.28. The number of hydrogen-bond donors (Lipinski definition) is 1. The summed E-state index contributed by atoms with van der Waals surface area (Å²) in [5.74, 6) is -0.269. The second-order valence-electron chi connectivity index (χ2n) is 6.34. The number of carbonyl (C=O) groups is 1. The van der Waals surface area contributed by atoms with Gasteiger partial charge in [-0.25, -0.2) is 10.5 Å². The first-order valence-corrected chi connectivity index (χ1v) is 9.45. The van der Waals surface area contributed by atoms with Gasteiger partial charge >= 0.3 is 0 Å². The van der Waals surface area contributed by atoms with Crippen LogP contribution in [-0.2, 0) is 11.4 Å². The number of nitrogens with zero attached hydrogens (tertiary/aromatic N) is 2. The number of amides is 1. The van der Waals surface area contributed by atoms with Crippen molar-refractivity contribution in [2.24, 2.45) is 0 Å². The average molecular weight is 377 g/mol. The summed E-state index contributed by atoms with van der Waals surface area (Å²) in [6.45, 7) is 4.32. The van der Waals surface area contributed by atoms with Crippen LogP contribution in [0.25, 0.3) is 15.9 Å². The van der Waals surface area contributed by atoms with Crippen molar-refractivity contribution in [2.45, 2.75) is 20.5 Å². The first kappa shape index (κ1) is 17.5. The molecule has 0 aliphatic carbocycles. The van der Waals surface area contributed by atoms with Crippen molar-refractivity contribution >= 4 is 27.5 Å². The molecular weight excluding hydrogens is 358 g/mol. The Kier molecular flexibility index (Phi) is 4.75. The van der Waals surface area contributed by atoms with Crippen molar-refractivity contribution in [1.29, 1.82) is 0 Å². The van der Waals surface area contributed by atoms with Gasteiger partial charge in [0.1, 0.15) is 9.71 Å². The Morgan fingerprint density at radius 1 is 1.15 bits per heavy atom. The number of hydroxylamine groups is 1. The molecule has 0 bridgehead atoms. The molecular formula is C21H19N3O2S. The normalized spacial score (nSPS) is 11.0. The van der Waals surface area contributed by atoms with E-state index in [2.05, 4.69) is 10.5 Å². The summed E-state index contributed by atoms with van der Waals surface area (Å²) in [6.07, 6.45) is 3.87. The number of hydrogen-bond acceptors (Lipinski definition) is 4. The van der Waals surface area contributed by atoms with E-state index in [1.165, 1.54) is 11.3 Å². The number of pyridine rings is 1. The molecule has 5 nitrogen and oxygen atoms in total. The van der Waals surface area contributed by atoms with Crippen molar-refractivity contribution in [3.8, 4) is 5.69 Å². The second kappa shape index (κ2) is 7.34. The highest BCUT2D eigenvalue weighted by Gasteiger charge is 2.22. The zero-order chi connectivity index (χ0) is 18.8. The van der Waals surface area contributed by atoms with E-state index in [4.69, 9.17) is 4.84 Å². The predicted octanol–water partition coefficient (Wildman–Crippen LogP) is 4.57. The van der Waals surface area contributed by atoms with Crippen LogP contribution in [0.4, 0.5) is 0 Å². The van der Waals surface area contributed by atoms with Crippen LogP contribution >= 0.6 is 11.3 Å². The Morgan fingerprint density at radius 3 is 2.63 bits per heavy atom. The quantitative estimate of drug-likeness (QED) is 0.519. The van der Waals surface area contributed by atoms with Gasteiger partial charge in [0.15, 0.2) is 0 Å². The highest BCUT2D eigenvalue weighted by Crippen LogP contribution is 2.35. The molecule has 136 valence electrons. The predicted molar refractivity (Wildman–Crippen MR) is 107 cm³/mol. The van der Waals surface area contributed by atoms with Crippen LogP contribution in [0.5, 0.6) is 0 Å². The Balaban J connectivity index is 1.67. The van der Waals surface area contributed by atoms with Crippen molar-refractivity contribution in [3.05, 3.63) is 82.6 Å². The third kappa shape index (κ3) is 3.49. The van der Waals surface area contributed by atoms with E-state index in [0.29, 0.717) is 11.5 Å². The molecule has 1 N–H and O–H groups in total. The summed E-state index contributed by atoms with van der Waals surface area (Å²) in [5.41, 5.74) is 6.44. The Morgan fingerprint density at radius 2 is 1.89 bits per heavy atom. The van der Waals surface area contributed by atoms with Gasteiger partial charge in [0.2, 0.25) is 0 Å². The van der Waals surface area contributed by atoms with Crippen LogP contribution in [0, 0.1) is 13.8 Å². The summed E-state index contributed by atoms with van der Waals surface area (Å²) in [7, 11) is 0. The summed E-state index contributed by atoms with van der Waals surface area (Å²) < 4.78 is 1.95. The number of thiophene rings is 1. The van der Waals surface area contributed by atoms with E-state index in [0.717, 1.165) is 32.7 Å². The average Bonchev–Trinajstić information content (AvgIpc) is 3.29. The Bertz CT molecular complexity index is 1090. The number of aryl methyl sites for hydroxylation is 2. The largest absolute Gasteiger partial charge is 0.322 e. The Hall–Kier alpha value is -2.96. The third-order valence-corrected chi connectivity index (χ3v) is 5.35. The van der Waals surface area contributed by atoms with Crippen LogP contribution in [-0.4, -0.2) is 15.5 Å². The van der Waals surface area contributed by atoms with Crippen molar-refractivity contribution in [1.82, 2.24) is 15.0 Å². The van der Waals surface area contributed by atoms with E-state index in [1.54, 1.807) is 0 Å². The van der Waals surface area contributed by atoms with Crippen LogP contribution in [0.3, 0.4) is 0 Å². The smallest absolute Gasteiger partial charge is 0.287 e. The molecule has 3 heterocycles. The molecule has 0 aliphatic rings. The van der Waals surface area contributed by atoms with E-state index in [9.17, 15) is 4.79 Å². The number of nitrogens with one attached hydrogen (secondary N) is 1. The summed E-state index contributed by atoms with van der Waals surface area (Å²) >= 11 is 1.38. The molecule has 4 rings (SSSR count). The minimum absolute atomic E-state index is 0.269. The number of rotatable bonds is 5. The number of benzene rings is 1. The van der Waals surface area contributed by atoms with E-state index >= 15 is 0 Å². The van der Waals surface area contributed by atoms with Crippen molar-refractivity contribution in [3.63, 3.8) is 0 Å². The van der Waals surface area contributed by atoms with Gasteiger partial charge in [-0.1, -0.05) is 30.3 Å². The molecule has 0 aliphatic heterocycles. The minimum atomic E-state index is -0.269. The minimum Gasteiger partial charge on any atom is -0.322 e. The molecule has 0 radical (unpaired) electrons. The standard InChI is InChI=1S/C21H19N3O2S/c1-14-12-15(2)22-21-17(14)18(24-10-6-7-11-24)19(27-21)20(25)23-26-13-16-8-4-3-5-9-16/h3-12H,13H2,1-2H3,(H,23,25). The fraction of sp³-hybridized carbons (Fsp3) is 0.143. The molecule has 1 amide bonds. The van der Waals surface area contributed by atoms with E-state index in [-0.39, 0.29) is 5.91 Å². The Labute approximate surface area is 161 Å². The summed E-state index contributed by atoms with van der Waals surface area (Å²) in [5, 5.41) is 0.995. The van der Waals surface area contributed by atoms with Crippen molar-refractivity contribution < 1.29 is 9.63 Å². The van der Waals surface area contributed by atoms with Gasteiger partial charge in [0.25, 0.3) is 5.91 Å². The van der Waals surface area contributed by atoms with E-state index in [1.807, 2.05) is 79.3 Å². The van der Waals surface area contributed by atoms with Gasteiger partial charge in [-0.3, -0.25) is 9.63 Å². The lowest BCUT2D eigenvalue weighted by atomic mass is 10.1. The number of carbonyl (C=O) groups excluding carboxylic acids is 1. The first-order chi connectivity index (χ1) is 13.1. The molecule has 27 heavy (non-hydrogen) atoms. The zero-order valence-electron chi connectivity index (χ0n) is 15.1. The molecule has 0 fully saturated rings. The van der Waals surface area contributed by atoms with Gasteiger partial charge in [0, 0.05) is 23.5 Å². The molecule has 4 aromatic rings. The maximum absolute atomic E-state index is 12.8. The van der Waals surface area contributed by atoms with Gasteiger partial charge in [-0.2, -0.15) is 0 Å². The molecule has 0 unspecified atom stereocenters. The first-order valence-electron chi connectivity index (χ1n) is 8.63. The lowest BCUT2D eigenvalue weighted by molar-refractivity contribution is 0.0237. The molecule has 0 atom stereocenters. The van der Waals surface area contributed by atoms with Crippen molar-refractivity contribution in [2.75, 3.05) is 0 Å². The number of fused-ring (bicyclic) bond motifs is 1. The van der Waals surface area contributed by atoms with Gasteiger partial charge in [0.05, 0.1) is 12.3 Å². The van der Waals surface area contributed by atoms with Crippen LogP contribution < -0.4 is 5.48 Å². The van der Waals surface area contributed by atoms with Crippen LogP contribution in [0.1, 0.15) is 26.5 Å². The zero-order valence-corrected chi connectivity index (χ0v) is 15.9. The topological polar surface area (TPSA) is 56.2 Å². The maximum atomic E-state index is 12.8. The SMILES string of the molecule is Cc1cc(C)c2c(-n3cccc3)c(C(=O)NOCc3ccccc3)sc2n1. The fourth-order valence-electron chi connectivity index (χ4n) is 3.11. The fourth-order valence-corrected chi connectivity index (χ4v) is 4.29. The molecule has 0 spiro atoms. The monoisotopic (exact) mass is 377 g/mol. The number of aromatic nitrogens is 2. The molecule has 0 saturated carbocycles. The van der Waals surface area contributed by atoms with Gasteiger partial charge in [-0.15, -0.1) is 11.3 Å².